The molecular formula is C26H37NO9. The molecule has 0 aliphatic heterocycles. The SMILES string of the molecule is CCC(=O)Oc1ccc(C[C@](NC(C)CC)(OC(=O)OC2CCCCC2)C(=O)O)cc1OC(=O)CC. The molecule has 0 saturated heterocycles. The number of carboxylic acids is 1. The van der Waals surface area contributed by atoms with Gasteiger partial charge in [0.15, 0.2) is 11.5 Å². The molecule has 2 atom stereocenters. The average molecular weight is 508 g/mol. The van der Waals surface area contributed by atoms with Gasteiger partial charge in [-0.3, -0.25) is 14.9 Å². The maximum absolute atomic E-state index is 12.7. The molecule has 2 rings (SSSR count). The summed E-state index contributed by atoms with van der Waals surface area (Å²) in [6.45, 7) is 6.88. The van der Waals surface area contributed by atoms with E-state index in [9.17, 15) is 24.3 Å². The highest BCUT2D eigenvalue weighted by Gasteiger charge is 2.45. The van der Waals surface area contributed by atoms with Crippen LogP contribution in [0.4, 0.5) is 4.79 Å². The smallest absolute Gasteiger partial charge is 0.477 e. The molecule has 200 valence electrons. The first-order chi connectivity index (χ1) is 17.1. The average Bonchev–Trinajstić information content (AvgIpc) is 2.85. The van der Waals surface area contributed by atoms with Crippen molar-refractivity contribution >= 4 is 24.1 Å². The quantitative estimate of drug-likeness (QED) is 0.236. The van der Waals surface area contributed by atoms with E-state index in [1.165, 1.54) is 18.2 Å². The molecule has 10 heteroatoms. The Morgan fingerprint density at radius 3 is 2.17 bits per heavy atom. The van der Waals surface area contributed by atoms with Crippen LogP contribution in [0.3, 0.4) is 0 Å². The summed E-state index contributed by atoms with van der Waals surface area (Å²) in [7, 11) is 0. The summed E-state index contributed by atoms with van der Waals surface area (Å²) in [6, 6.07) is 4.02. The number of hydrogen-bond acceptors (Lipinski definition) is 9. The summed E-state index contributed by atoms with van der Waals surface area (Å²) in [5.41, 5.74) is -1.77. The minimum atomic E-state index is -2.14. The Morgan fingerprint density at radius 1 is 1.00 bits per heavy atom. The fourth-order valence-electron chi connectivity index (χ4n) is 3.79. The van der Waals surface area contributed by atoms with Crippen LogP contribution in [0.1, 0.15) is 84.6 Å². The topological polar surface area (TPSA) is 137 Å². The van der Waals surface area contributed by atoms with Crippen molar-refractivity contribution in [2.75, 3.05) is 0 Å². The van der Waals surface area contributed by atoms with E-state index < -0.39 is 29.8 Å². The normalized spacial score (nSPS) is 16.3. The van der Waals surface area contributed by atoms with Crippen LogP contribution in [0.5, 0.6) is 11.5 Å². The zero-order chi connectivity index (χ0) is 26.7. The molecule has 1 aromatic rings. The van der Waals surface area contributed by atoms with Gasteiger partial charge in [-0.25, -0.2) is 9.59 Å². The molecule has 0 bridgehead atoms. The van der Waals surface area contributed by atoms with E-state index in [0.717, 1.165) is 19.3 Å². The molecule has 0 radical (unpaired) electrons. The van der Waals surface area contributed by atoms with Gasteiger partial charge in [-0.2, -0.15) is 0 Å². The van der Waals surface area contributed by atoms with Crippen LogP contribution in [-0.4, -0.2) is 47.0 Å². The lowest BCUT2D eigenvalue weighted by Gasteiger charge is -2.33. The lowest BCUT2D eigenvalue weighted by atomic mass is 9.98. The van der Waals surface area contributed by atoms with E-state index in [-0.39, 0.29) is 42.9 Å². The van der Waals surface area contributed by atoms with E-state index in [1.54, 1.807) is 20.8 Å². The largest absolute Gasteiger partial charge is 0.510 e. The number of nitrogens with one attached hydrogen (secondary N) is 1. The maximum atomic E-state index is 12.7. The number of carbonyl (C=O) groups is 4. The van der Waals surface area contributed by atoms with E-state index in [1.807, 2.05) is 6.92 Å². The summed E-state index contributed by atoms with van der Waals surface area (Å²) < 4.78 is 21.5. The van der Waals surface area contributed by atoms with E-state index in [0.29, 0.717) is 24.8 Å². The predicted octanol–water partition coefficient (Wildman–Crippen LogP) is 4.51. The number of ether oxygens (including phenoxy) is 4. The van der Waals surface area contributed by atoms with Gasteiger partial charge >= 0.3 is 24.1 Å². The molecule has 0 amide bonds. The molecule has 0 heterocycles. The highest BCUT2D eigenvalue weighted by atomic mass is 16.7. The van der Waals surface area contributed by atoms with Crippen LogP contribution in [-0.2, 0) is 30.3 Å². The van der Waals surface area contributed by atoms with Gasteiger partial charge in [0.25, 0.3) is 5.72 Å². The first-order valence-corrected chi connectivity index (χ1v) is 12.6. The Hall–Kier alpha value is -3.14. The molecule has 10 nitrogen and oxygen atoms in total. The molecule has 1 fully saturated rings. The van der Waals surface area contributed by atoms with Gasteiger partial charge in [0.2, 0.25) is 0 Å². The van der Waals surface area contributed by atoms with Gasteiger partial charge in [-0.1, -0.05) is 33.3 Å². The molecule has 1 aliphatic rings. The Morgan fingerprint density at radius 2 is 1.61 bits per heavy atom. The van der Waals surface area contributed by atoms with Crippen LogP contribution >= 0.6 is 0 Å². The lowest BCUT2D eigenvalue weighted by molar-refractivity contribution is -0.168. The Kier molecular flexibility index (Phi) is 11.2. The van der Waals surface area contributed by atoms with Crippen molar-refractivity contribution in [2.24, 2.45) is 0 Å². The number of hydrogen-bond donors (Lipinski definition) is 2. The van der Waals surface area contributed by atoms with Gasteiger partial charge in [0.1, 0.15) is 6.10 Å². The van der Waals surface area contributed by atoms with Gasteiger partial charge in [0.05, 0.1) is 0 Å². The predicted molar refractivity (Wildman–Crippen MR) is 130 cm³/mol. The zero-order valence-corrected chi connectivity index (χ0v) is 21.5. The third kappa shape index (κ3) is 8.51. The summed E-state index contributed by atoms with van der Waals surface area (Å²) >= 11 is 0. The second-order valence-corrected chi connectivity index (χ2v) is 8.93. The molecule has 1 aliphatic carbocycles. The Balaban J connectivity index is 2.37. The monoisotopic (exact) mass is 507 g/mol. The van der Waals surface area contributed by atoms with Crippen molar-refractivity contribution in [1.29, 1.82) is 0 Å². The van der Waals surface area contributed by atoms with Crippen LogP contribution in [0.2, 0.25) is 0 Å². The van der Waals surface area contributed by atoms with Gasteiger partial charge < -0.3 is 24.1 Å². The number of benzene rings is 1. The first-order valence-electron chi connectivity index (χ1n) is 12.6. The maximum Gasteiger partial charge on any atom is 0.510 e. The minimum absolute atomic E-state index is 0.0286. The summed E-state index contributed by atoms with van der Waals surface area (Å²) in [5.74, 6) is -2.49. The lowest BCUT2D eigenvalue weighted by Crippen LogP contribution is -2.59. The van der Waals surface area contributed by atoms with Crippen LogP contribution < -0.4 is 14.8 Å². The van der Waals surface area contributed by atoms with Crippen LogP contribution in [0.15, 0.2) is 18.2 Å². The number of rotatable bonds is 12. The van der Waals surface area contributed by atoms with Gasteiger partial charge in [0, 0.05) is 25.3 Å². The zero-order valence-electron chi connectivity index (χ0n) is 21.5. The Labute approximate surface area is 211 Å². The molecule has 1 saturated carbocycles. The highest BCUT2D eigenvalue weighted by Crippen LogP contribution is 2.32. The highest BCUT2D eigenvalue weighted by molar-refractivity contribution is 5.81. The minimum Gasteiger partial charge on any atom is -0.477 e. The van der Waals surface area contributed by atoms with Gasteiger partial charge in [-0.15, -0.1) is 0 Å². The number of aliphatic carboxylic acids is 1. The van der Waals surface area contributed by atoms with E-state index >= 15 is 0 Å². The molecule has 1 aromatic carbocycles. The van der Waals surface area contributed by atoms with Crippen molar-refractivity contribution < 1.29 is 43.2 Å². The van der Waals surface area contributed by atoms with Crippen molar-refractivity contribution in [3.63, 3.8) is 0 Å². The van der Waals surface area contributed by atoms with E-state index in [2.05, 4.69) is 5.32 Å². The number of carbonyl (C=O) groups excluding carboxylic acids is 3. The van der Waals surface area contributed by atoms with Crippen molar-refractivity contribution in [2.45, 2.75) is 103 Å². The second-order valence-electron chi connectivity index (χ2n) is 8.93. The fraction of sp³-hybridized carbons (Fsp3) is 0.615. The van der Waals surface area contributed by atoms with Crippen molar-refractivity contribution in [3.05, 3.63) is 23.8 Å². The summed E-state index contributed by atoms with van der Waals surface area (Å²) in [6.07, 6.45) is 3.43. The summed E-state index contributed by atoms with van der Waals surface area (Å²) in [4.78, 5) is 49.0. The third-order valence-electron chi connectivity index (χ3n) is 6.00. The molecule has 1 unspecified atom stereocenters. The van der Waals surface area contributed by atoms with Crippen molar-refractivity contribution in [1.82, 2.24) is 5.32 Å². The standard InChI is InChI=1S/C26H37NO9/c1-5-17(4)27-26(24(30)31,36-25(32)33-19-11-9-8-10-12-19)16-18-13-14-20(34-22(28)6-2)21(15-18)35-23(29)7-3/h13-15,17,19,27H,5-12,16H2,1-4H3,(H,30,31)/t17?,26-/m0/s1. The first kappa shape index (κ1) is 29.1. The third-order valence-corrected chi connectivity index (χ3v) is 6.00. The molecular weight excluding hydrogens is 470 g/mol. The molecule has 0 aromatic heterocycles. The number of carboxylic acid groups (broad SMARTS) is 1. The van der Waals surface area contributed by atoms with Crippen LogP contribution in [0.25, 0.3) is 0 Å². The number of esters is 2. The van der Waals surface area contributed by atoms with E-state index in [4.69, 9.17) is 18.9 Å². The van der Waals surface area contributed by atoms with Crippen LogP contribution in [0, 0.1) is 0 Å². The molecule has 0 spiro atoms. The van der Waals surface area contributed by atoms with Crippen molar-refractivity contribution in [3.8, 4) is 11.5 Å². The summed E-state index contributed by atoms with van der Waals surface area (Å²) in [5, 5.41) is 13.1. The molecule has 2 N–H and O–H groups in total. The molecule has 36 heavy (non-hydrogen) atoms. The Bertz CT molecular complexity index is 926. The fourth-order valence-corrected chi connectivity index (χ4v) is 3.79. The van der Waals surface area contributed by atoms with Gasteiger partial charge in [-0.05, 0) is 56.7 Å². The second kappa shape index (κ2) is 13.8.